The molecule has 1 saturated heterocycles. The molecule has 0 spiro atoms. The minimum atomic E-state index is -2.52. The second-order valence-electron chi connectivity index (χ2n) is 4.57. The van der Waals surface area contributed by atoms with Gasteiger partial charge in [-0.1, -0.05) is 6.58 Å². The molecule has 1 fully saturated rings. The van der Waals surface area contributed by atoms with Crippen molar-refractivity contribution in [3.63, 3.8) is 0 Å². The molecule has 1 heterocycles. The molecule has 0 aromatic carbocycles. The van der Waals surface area contributed by atoms with E-state index in [0.29, 0.717) is 19.0 Å². The summed E-state index contributed by atoms with van der Waals surface area (Å²) in [6, 6.07) is 0.308. The lowest BCUT2D eigenvalue weighted by Crippen LogP contribution is -2.44. The lowest BCUT2D eigenvalue weighted by Gasteiger charge is -2.33. The maximum atomic E-state index is 13.1. The van der Waals surface area contributed by atoms with Crippen molar-refractivity contribution in [2.75, 3.05) is 19.6 Å². The first kappa shape index (κ1) is 12.4. The number of nitrogens with one attached hydrogen (secondary N) is 1. The van der Waals surface area contributed by atoms with Crippen molar-refractivity contribution >= 4 is 0 Å². The molecule has 2 nitrogen and oxygen atoms in total. The topological polar surface area (TPSA) is 15.3 Å². The molecule has 0 amide bonds. The summed E-state index contributed by atoms with van der Waals surface area (Å²) in [6.07, 6.45) is 0.593. The minimum absolute atomic E-state index is 0.0214. The maximum Gasteiger partial charge on any atom is 0.260 e. The molecule has 0 atom stereocenters. The van der Waals surface area contributed by atoms with Crippen LogP contribution >= 0.6 is 0 Å². The Bertz CT molecular complexity index is 227. The van der Waals surface area contributed by atoms with Gasteiger partial charge in [-0.05, 0) is 26.8 Å². The number of rotatable bonds is 4. The lowest BCUT2D eigenvalue weighted by atomic mass is 10.1. The van der Waals surface area contributed by atoms with Gasteiger partial charge in [0.05, 0.1) is 6.54 Å². The second-order valence-corrected chi connectivity index (χ2v) is 4.57. The largest absolute Gasteiger partial charge is 0.386 e. The van der Waals surface area contributed by atoms with Gasteiger partial charge in [0.25, 0.3) is 5.92 Å². The van der Waals surface area contributed by atoms with Gasteiger partial charge in [-0.3, -0.25) is 4.90 Å². The SMILES string of the molecule is C=C(CN1CCCC(F)(F)C1)NC(C)C. The molecule has 1 rings (SSSR count). The van der Waals surface area contributed by atoms with E-state index in [4.69, 9.17) is 0 Å². The Hall–Kier alpha value is -0.640. The van der Waals surface area contributed by atoms with Crippen LogP contribution in [0.5, 0.6) is 0 Å². The van der Waals surface area contributed by atoms with Crippen molar-refractivity contribution in [1.82, 2.24) is 10.2 Å². The highest BCUT2D eigenvalue weighted by Crippen LogP contribution is 2.26. The summed E-state index contributed by atoms with van der Waals surface area (Å²) in [4.78, 5) is 1.77. The average molecular weight is 218 g/mol. The Labute approximate surface area is 90.3 Å². The van der Waals surface area contributed by atoms with Gasteiger partial charge in [-0.15, -0.1) is 0 Å². The number of piperidine rings is 1. The third-order valence-corrected chi connectivity index (χ3v) is 2.38. The summed E-state index contributed by atoms with van der Waals surface area (Å²) < 4.78 is 26.2. The van der Waals surface area contributed by atoms with Gasteiger partial charge in [0.15, 0.2) is 0 Å². The molecule has 88 valence electrons. The highest BCUT2D eigenvalue weighted by molar-refractivity contribution is 4.97. The van der Waals surface area contributed by atoms with Crippen LogP contribution in [0, 0.1) is 0 Å². The fraction of sp³-hybridized carbons (Fsp3) is 0.818. The highest BCUT2D eigenvalue weighted by Gasteiger charge is 2.34. The van der Waals surface area contributed by atoms with Crippen LogP contribution in [0.15, 0.2) is 12.3 Å². The first-order valence-electron chi connectivity index (χ1n) is 5.43. The number of hydrogen-bond donors (Lipinski definition) is 1. The Morgan fingerprint density at radius 3 is 2.73 bits per heavy atom. The normalized spacial score (nSPS) is 21.7. The van der Waals surface area contributed by atoms with Crippen LogP contribution in [-0.4, -0.2) is 36.5 Å². The summed E-state index contributed by atoms with van der Waals surface area (Å²) >= 11 is 0. The van der Waals surface area contributed by atoms with Crippen molar-refractivity contribution in [3.05, 3.63) is 12.3 Å². The molecule has 0 aliphatic carbocycles. The van der Waals surface area contributed by atoms with Gasteiger partial charge in [-0.25, -0.2) is 8.78 Å². The molecule has 0 unspecified atom stereocenters. The van der Waals surface area contributed by atoms with E-state index in [0.717, 1.165) is 12.2 Å². The molecule has 15 heavy (non-hydrogen) atoms. The number of hydrogen-bond acceptors (Lipinski definition) is 2. The van der Waals surface area contributed by atoms with E-state index in [1.54, 1.807) is 4.90 Å². The molecule has 0 aromatic rings. The Kier molecular flexibility index (Phi) is 4.08. The third kappa shape index (κ3) is 4.60. The predicted molar refractivity (Wildman–Crippen MR) is 58.0 cm³/mol. The van der Waals surface area contributed by atoms with Crippen LogP contribution in [0.1, 0.15) is 26.7 Å². The Morgan fingerprint density at radius 1 is 1.53 bits per heavy atom. The van der Waals surface area contributed by atoms with Crippen LogP contribution in [0.25, 0.3) is 0 Å². The lowest BCUT2D eigenvalue weighted by molar-refractivity contribution is -0.0618. The Balaban J connectivity index is 2.35. The fourth-order valence-corrected chi connectivity index (χ4v) is 1.91. The predicted octanol–water partition coefficient (Wildman–Crippen LogP) is 2.23. The molecule has 0 aromatic heterocycles. The maximum absolute atomic E-state index is 13.1. The number of halogens is 2. The minimum Gasteiger partial charge on any atom is -0.386 e. The standard InChI is InChI=1S/C11H20F2N2/c1-9(2)14-10(3)7-15-6-4-5-11(12,13)8-15/h9,14H,3-8H2,1-2H3. The molecule has 4 heteroatoms. The van der Waals surface area contributed by atoms with E-state index in [2.05, 4.69) is 11.9 Å². The molecule has 0 saturated carbocycles. The van der Waals surface area contributed by atoms with E-state index >= 15 is 0 Å². The van der Waals surface area contributed by atoms with E-state index in [9.17, 15) is 8.78 Å². The second kappa shape index (κ2) is 4.92. The molecular formula is C11H20F2N2. The first-order valence-corrected chi connectivity index (χ1v) is 5.43. The fourth-order valence-electron chi connectivity index (χ4n) is 1.91. The van der Waals surface area contributed by atoms with E-state index < -0.39 is 5.92 Å². The van der Waals surface area contributed by atoms with Crippen LogP contribution in [0.2, 0.25) is 0 Å². The van der Waals surface area contributed by atoms with E-state index in [-0.39, 0.29) is 13.0 Å². The third-order valence-electron chi connectivity index (χ3n) is 2.38. The highest BCUT2D eigenvalue weighted by atomic mass is 19.3. The molecule has 1 aliphatic heterocycles. The summed E-state index contributed by atoms with van der Waals surface area (Å²) in [5.41, 5.74) is 0.822. The quantitative estimate of drug-likeness (QED) is 0.778. The molecule has 1 N–H and O–H groups in total. The van der Waals surface area contributed by atoms with Crippen molar-refractivity contribution in [3.8, 4) is 0 Å². The van der Waals surface area contributed by atoms with Crippen LogP contribution in [-0.2, 0) is 0 Å². The summed E-state index contributed by atoms with van der Waals surface area (Å²) in [6.45, 7) is 8.99. The van der Waals surface area contributed by atoms with Gasteiger partial charge in [-0.2, -0.15) is 0 Å². The number of likely N-dealkylation sites (tertiary alicyclic amines) is 1. The molecule has 0 radical (unpaired) electrons. The molecular weight excluding hydrogens is 198 g/mol. The molecule has 1 aliphatic rings. The van der Waals surface area contributed by atoms with Gasteiger partial charge in [0.1, 0.15) is 0 Å². The van der Waals surface area contributed by atoms with Crippen LogP contribution in [0.3, 0.4) is 0 Å². The summed E-state index contributed by atoms with van der Waals surface area (Å²) in [7, 11) is 0. The monoisotopic (exact) mass is 218 g/mol. The van der Waals surface area contributed by atoms with Crippen LogP contribution in [0.4, 0.5) is 8.78 Å². The van der Waals surface area contributed by atoms with Crippen molar-refractivity contribution in [1.29, 1.82) is 0 Å². The zero-order valence-electron chi connectivity index (χ0n) is 9.52. The number of alkyl halides is 2. The van der Waals surface area contributed by atoms with Crippen LogP contribution < -0.4 is 5.32 Å². The van der Waals surface area contributed by atoms with Gasteiger partial charge in [0, 0.05) is 24.7 Å². The van der Waals surface area contributed by atoms with Crippen molar-refractivity contribution in [2.24, 2.45) is 0 Å². The zero-order valence-corrected chi connectivity index (χ0v) is 9.52. The van der Waals surface area contributed by atoms with E-state index in [1.165, 1.54) is 0 Å². The smallest absolute Gasteiger partial charge is 0.260 e. The van der Waals surface area contributed by atoms with Crippen molar-refractivity contribution in [2.45, 2.75) is 38.7 Å². The first-order chi connectivity index (χ1) is 6.89. The van der Waals surface area contributed by atoms with Gasteiger partial charge in [0.2, 0.25) is 0 Å². The summed E-state index contributed by atoms with van der Waals surface area (Å²) in [5, 5.41) is 3.14. The summed E-state index contributed by atoms with van der Waals surface area (Å²) in [5.74, 6) is -2.52. The zero-order chi connectivity index (χ0) is 11.5. The average Bonchev–Trinajstić information content (AvgIpc) is 1.99. The van der Waals surface area contributed by atoms with Gasteiger partial charge < -0.3 is 5.32 Å². The van der Waals surface area contributed by atoms with E-state index in [1.807, 2.05) is 13.8 Å². The van der Waals surface area contributed by atoms with Gasteiger partial charge >= 0.3 is 0 Å². The van der Waals surface area contributed by atoms with Crippen molar-refractivity contribution < 1.29 is 8.78 Å². The Morgan fingerprint density at radius 2 is 2.20 bits per heavy atom. The molecule has 0 bridgehead atoms. The number of nitrogens with zero attached hydrogens (tertiary/aromatic N) is 1.